The molecule has 2 heterocycles. The van der Waals surface area contributed by atoms with E-state index >= 15 is 0 Å². The number of nitrogens with zero attached hydrogens (tertiary/aromatic N) is 5. The maximum atomic E-state index is 11.0. The Morgan fingerprint density at radius 1 is 1.25 bits per heavy atom. The van der Waals surface area contributed by atoms with Crippen molar-refractivity contribution in [1.82, 2.24) is 20.2 Å². The number of hydrogen-bond donors (Lipinski definition) is 0. The van der Waals surface area contributed by atoms with Gasteiger partial charge in [0.05, 0.1) is 4.92 Å². The van der Waals surface area contributed by atoms with Crippen molar-refractivity contribution in [1.29, 1.82) is 0 Å². The van der Waals surface area contributed by atoms with Gasteiger partial charge in [0.1, 0.15) is 24.2 Å². The first-order valence-electron chi connectivity index (χ1n) is 7.44. The SMILES string of the molecule is O=[N+]([O-])c1ccc2c(c1)CC(C(c1ccccc1)n1cnnn1)O2. The molecule has 2 unspecified atom stereocenters. The lowest BCUT2D eigenvalue weighted by Crippen LogP contribution is -2.29. The summed E-state index contributed by atoms with van der Waals surface area (Å²) in [7, 11) is 0. The number of hydrogen-bond acceptors (Lipinski definition) is 6. The third kappa shape index (κ3) is 2.47. The number of rotatable bonds is 4. The van der Waals surface area contributed by atoms with E-state index in [0.29, 0.717) is 12.2 Å². The topological polar surface area (TPSA) is 96.0 Å². The first kappa shape index (κ1) is 14.3. The Kier molecular flexibility index (Phi) is 3.42. The van der Waals surface area contributed by atoms with Crippen LogP contribution in [-0.2, 0) is 6.42 Å². The molecule has 0 aliphatic carbocycles. The first-order valence-corrected chi connectivity index (χ1v) is 7.44. The van der Waals surface area contributed by atoms with Crippen molar-refractivity contribution >= 4 is 5.69 Å². The fraction of sp³-hybridized carbons (Fsp3) is 0.188. The summed E-state index contributed by atoms with van der Waals surface area (Å²) in [6, 6.07) is 14.3. The van der Waals surface area contributed by atoms with Crippen molar-refractivity contribution in [2.75, 3.05) is 0 Å². The number of nitro groups is 1. The Balaban J connectivity index is 1.69. The minimum absolute atomic E-state index is 0.0664. The van der Waals surface area contributed by atoms with E-state index in [1.807, 2.05) is 30.3 Å². The Bertz CT molecular complexity index is 867. The highest BCUT2D eigenvalue weighted by atomic mass is 16.6. The standard InChI is InChI=1S/C16H13N5O3/c22-21(23)13-6-7-14-12(8-13)9-15(24-14)16(20-10-17-18-19-20)11-4-2-1-3-5-11/h1-8,10,15-16H,9H2. The number of nitro benzene ring substituents is 1. The Morgan fingerprint density at radius 2 is 2.08 bits per heavy atom. The van der Waals surface area contributed by atoms with Crippen LogP contribution in [0.3, 0.4) is 0 Å². The molecule has 0 saturated heterocycles. The van der Waals surface area contributed by atoms with Crippen LogP contribution in [0.5, 0.6) is 5.75 Å². The van der Waals surface area contributed by atoms with Gasteiger partial charge in [0.25, 0.3) is 5.69 Å². The summed E-state index contributed by atoms with van der Waals surface area (Å²) in [5.41, 5.74) is 1.90. The molecule has 0 radical (unpaired) electrons. The molecule has 1 aliphatic rings. The summed E-state index contributed by atoms with van der Waals surface area (Å²) in [5, 5.41) is 22.4. The number of non-ortho nitro benzene ring substituents is 1. The van der Waals surface area contributed by atoms with E-state index in [1.165, 1.54) is 6.07 Å². The van der Waals surface area contributed by atoms with Crippen molar-refractivity contribution < 1.29 is 9.66 Å². The van der Waals surface area contributed by atoms with E-state index in [1.54, 1.807) is 23.1 Å². The number of aromatic nitrogens is 4. The zero-order valence-electron chi connectivity index (χ0n) is 12.5. The summed E-state index contributed by atoms with van der Waals surface area (Å²) in [4.78, 5) is 10.6. The highest BCUT2D eigenvalue weighted by molar-refractivity contribution is 5.46. The summed E-state index contributed by atoms with van der Waals surface area (Å²) >= 11 is 0. The van der Waals surface area contributed by atoms with Gasteiger partial charge in [-0.1, -0.05) is 30.3 Å². The van der Waals surface area contributed by atoms with Gasteiger partial charge in [0.15, 0.2) is 0 Å². The van der Waals surface area contributed by atoms with E-state index in [2.05, 4.69) is 15.5 Å². The fourth-order valence-corrected chi connectivity index (χ4v) is 3.04. The highest BCUT2D eigenvalue weighted by Crippen LogP contribution is 2.37. The second-order valence-electron chi connectivity index (χ2n) is 5.55. The zero-order chi connectivity index (χ0) is 16.5. The van der Waals surface area contributed by atoms with Crippen molar-refractivity contribution in [2.45, 2.75) is 18.6 Å². The van der Waals surface area contributed by atoms with Crippen molar-refractivity contribution in [3.63, 3.8) is 0 Å². The Labute approximate surface area is 136 Å². The van der Waals surface area contributed by atoms with Crippen LogP contribution in [0.1, 0.15) is 17.2 Å². The average molecular weight is 323 g/mol. The van der Waals surface area contributed by atoms with E-state index < -0.39 is 4.92 Å². The van der Waals surface area contributed by atoms with Gasteiger partial charge in [0.2, 0.25) is 0 Å². The van der Waals surface area contributed by atoms with E-state index in [4.69, 9.17) is 4.74 Å². The van der Waals surface area contributed by atoms with Gasteiger partial charge in [-0.05, 0) is 22.1 Å². The molecule has 2 aromatic carbocycles. The normalized spacial score (nSPS) is 17.1. The molecule has 3 aromatic rings. The molecule has 1 aromatic heterocycles. The van der Waals surface area contributed by atoms with Crippen molar-refractivity contribution in [3.05, 3.63) is 76.1 Å². The lowest BCUT2D eigenvalue weighted by atomic mass is 9.98. The minimum Gasteiger partial charge on any atom is -0.487 e. The lowest BCUT2D eigenvalue weighted by molar-refractivity contribution is -0.384. The molecular weight excluding hydrogens is 310 g/mol. The van der Waals surface area contributed by atoms with Gasteiger partial charge in [-0.2, -0.15) is 0 Å². The molecule has 24 heavy (non-hydrogen) atoms. The van der Waals surface area contributed by atoms with Gasteiger partial charge in [-0.3, -0.25) is 10.1 Å². The van der Waals surface area contributed by atoms with Crippen LogP contribution in [0.2, 0.25) is 0 Å². The predicted molar refractivity (Wildman–Crippen MR) is 83.6 cm³/mol. The fourth-order valence-electron chi connectivity index (χ4n) is 3.04. The van der Waals surface area contributed by atoms with Crippen LogP contribution in [0.15, 0.2) is 54.9 Å². The Morgan fingerprint density at radius 3 is 2.79 bits per heavy atom. The largest absolute Gasteiger partial charge is 0.487 e. The molecule has 4 rings (SSSR count). The highest BCUT2D eigenvalue weighted by Gasteiger charge is 2.34. The van der Waals surface area contributed by atoms with Crippen LogP contribution >= 0.6 is 0 Å². The van der Waals surface area contributed by atoms with Crippen LogP contribution < -0.4 is 4.74 Å². The molecule has 0 N–H and O–H groups in total. The van der Waals surface area contributed by atoms with E-state index in [0.717, 1.165) is 11.1 Å². The average Bonchev–Trinajstić information content (AvgIpc) is 3.25. The van der Waals surface area contributed by atoms with Gasteiger partial charge < -0.3 is 4.74 Å². The van der Waals surface area contributed by atoms with Gasteiger partial charge in [0, 0.05) is 24.1 Å². The predicted octanol–water partition coefficient (Wildman–Crippen LogP) is 2.17. The molecular formula is C16H13N5O3. The van der Waals surface area contributed by atoms with Crippen LogP contribution in [-0.4, -0.2) is 31.2 Å². The van der Waals surface area contributed by atoms with Gasteiger partial charge >= 0.3 is 0 Å². The molecule has 8 nitrogen and oxygen atoms in total. The summed E-state index contributed by atoms with van der Waals surface area (Å²) in [5.74, 6) is 0.666. The van der Waals surface area contributed by atoms with Gasteiger partial charge in [-0.25, -0.2) is 4.68 Å². The summed E-state index contributed by atoms with van der Waals surface area (Å²) in [6.07, 6.45) is 1.86. The number of benzene rings is 2. The molecule has 0 bridgehead atoms. The molecule has 0 spiro atoms. The number of ether oxygens (including phenoxy) is 1. The third-order valence-corrected chi connectivity index (χ3v) is 4.10. The van der Waals surface area contributed by atoms with E-state index in [9.17, 15) is 10.1 Å². The molecule has 1 aliphatic heterocycles. The maximum Gasteiger partial charge on any atom is 0.269 e. The lowest BCUT2D eigenvalue weighted by Gasteiger charge is -2.23. The van der Waals surface area contributed by atoms with Crippen LogP contribution in [0, 0.1) is 10.1 Å². The number of fused-ring (bicyclic) bond motifs is 1. The molecule has 0 fully saturated rings. The van der Waals surface area contributed by atoms with Crippen LogP contribution in [0.25, 0.3) is 0 Å². The molecule has 2 atom stereocenters. The molecule has 0 saturated carbocycles. The van der Waals surface area contributed by atoms with Crippen molar-refractivity contribution in [3.8, 4) is 5.75 Å². The first-order chi connectivity index (χ1) is 11.7. The minimum atomic E-state index is -0.399. The van der Waals surface area contributed by atoms with E-state index in [-0.39, 0.29) is 17.8 Å². The van der Waals surface area contributed by atoms with Crippen molar-refractivity contribution in [2.24, 2.45) is 0 Å². The monoisotopic (exact) mass is 323 g/mol. The Hall–Kier alpha value is -3.29. The second kappa shape index (κ2) is 5.73. The summed E-state index contributed by atoms with van der Waals surface area (Å²) in [6.45, 7) is 0. The zero-order valence-corrected chi connectivity index (χ0v) is 12.5. The summed E-state index contributed by atoms with van der Waals surface area (Å²) < 4.78 is 7.70. The number of tetrazole rings is 1. The van der Waals surface area contributed by atoms with Crippen LogP contribution in [0.4, 0.5) is 5.69 Å². The molecule has 120 valence electrons. The quantitative estimate of drug-likeness (QED) is 0.539. The third-order valence-electron chi connectivity index (χ3n) is 4.10. The molecule has 8 heteroatoms. The smallest absolute Gasteiger partial charge is 0.269 e. The maximum absolute atomic E-state index is 11.0. The second-order valence-corrected chi connectivity index (χ2v) is 5.55. The van der Waals surface area contributed by atoms with Gasteiger partial charge in [-0.15, -0.1) is 5.10 Å². The molecule has 0 amide bonds.